The predicted molar refractivity (Wildman–Crippen MR) is 68.7 cm³/mol. The second-order valence-electron chi connectivity index (χ2n) is 5.01. The van der Waals surface area contributed by atoms with E-state index < -0.39 is 5.60 Å². The van der Waals surface area contributed by atoms with Gasteiger partial charge in [0.2, 0.25) is 0 Å². The zero-order valence-corrected chi connectivity index (χ0v) is 10.9. The molecule has 88 valence electrons. The molecular formula is C13H13BrN2O. The molecule has 1 heterocycles. The van der Waals surface area contributed by atoms with Crippen molar-refractivity contribution in [3.05, 3.63) is 28.2 Å². The molecule has 17 heavy (non-hydrogen) atoms. The Balaban J connectivity index is 1.75. The van der Waals surface area contributed by atoms with E-state index in [0.29, 0.717) is 11.5 Å². The van der Waals surface area contributed by atoms with Crippen LogP contribution in [-0.4, -0.2) is 23.8 Å². The van der Waals surface area contributed by atoms with Crippen LogP contribution < -0.4 is 4.90 Å². The molecule has 2 fully saturated rings. The van der Waals surface area contributed by atoms with Crippen LogP contribution in [0.3, 0.4) is 0 Å². The Kier molecular flexibility index (Phi) is 2.42. The summed E-state index contributed by atoms with van der Waals surface area (Å²) < 4.78 is 0.819. The number of anilines is 1. The molecule has 1 aliphatic carbocycles. The first-order chi connectivity index (χ1) is 8.12. The molecule has 0 amide bonds. The number of halogens is 1. The Morgan fingerprint density at radius 3 is 2.65 bits per heavy atom. The maximum Gasteiger partial charge on any atom is 0.102 e. The van der Waals surface area contributed by atoms with Gasteiger partial charge in [-0.25, -0.2) is 0 Å². The highest BCUT2D eigenvalue weighted by Gasteiger charge is 2.51. The molecule has 0 aromatic heterocycles. The summed E-state index contributed by atoms with van der Waals surface area (Å²) in [6.07, 6.45) is 2.34. The summed E-state index contributed by atoms with van der Waals surface area (Å²) in [5.74, 6) is 0.514. The Hall–Kier alpha value is -1.05. The van der Waals surface area contributed by atoms with Gasteiger partial charge in [0, 0.05) is 23.2 Å². The summed E-state index contributed by atoms with van der Waals surface area (Å²) >= 11 is 3.39. The number of nitriles is 1. The second kappa shape index (κ2) is 3.72. The Labute approximate surface area is 109 Å². The maximum atomic E-state index is 10.2. The zero-order valence-electron chi connectivity index (χ0n) is 9.36. The molecule has 3 rings (SSSR count). The van der Waals surface area contributed by atoms with Crippen LogP contribution in [0, 0.1) is 17.2 Å². The first kappa shape index (κ1) is 11.1. The summed E-state index contributed by atoms with van der Waals surface area (Å²) in [6.45, 7) is 1.44. The smallest absolute Gasteiger partial charge is 0.102 e. The van der Waals surface area contributed by atoms with Crippen LogP contribution in [0.4, 0.5) is 5.69 Å². The molecule has 0 radical (unpaired) electrons. The van der Waals surface area contributed by atoms with E-state index >= 15 is 0 Å². The summed E-state index contributed by atoms with van der Waals surface area (Å²) in [5.41, 5.74) is 1.26. The fraction of sp³-hybridized carbons (Fsp3) is 0.462. The molecule has 1 N–H and O–H groups in total. The van der Waals surface area contributed by atoms with Gasteiger partial charge in [-0.1, -0.05) is 0 Å². The van der Waals surface area contributed by atoms with Crippen LogP contribution >= 0.6 is 15.9 Å². The maximum absolute atomic E-state index is 10.2. The van der Waals surface area contributed by atoms with E-state index in [1.165, 1.54) is 12.8 Å². The van der Waals surface area contributed by atoms with E-state index in [9.17, 15) is 5.11 Å². The number of benzene rings is 1. The van der Waals surface area contributed by atoms with Gasteiger partial charge in [0.1, 0.15) is 11.7 Å². The predicted octanol–water partition coefficient (Wildman–Crippen LogP) is 2.28. The van der Waals surface area contributed by atoms with Crippen LogP contribution in [0.5, 0.6) is 0 Å². The molecule has 2 aliphatic rings. The normalized spacial score (nSPS) is 21.8. The number of β-amino-alcohol motifs (C(OH)–C–C–N with tert-alkyl or cyclic N) is 1. The number of aliphatic hydroxyl groups is 1. The van der Waals surface area contributed by atoms with E-state index in [4.69, 9.17) is 5.26 Å². The summed E-state index contributed by atoms with van der Waals surface area (Å²) in [7, 11) is 0. The average Bonchev–Trinajstić information content (AvgIpc) is 3.08. The molecule has 0 unspecified atom stereocenters. The topological polar surface area (TPSA) is 47.3 Å². The van der Waals surface area contributed by atoms with Crippen molar-refractivity contribution >= 4 is 21.6 Å². The molecule has 1 saturated carbocycles. The Morgan fingerprint density at radius 2 is 2.12 bits per heavy atom. The van der Waals surface area contributed by atoms with Crippen LogP contribution in [0.1, 0.15) is 18.4 Å². The van der Waals surface area contributed by atoms with Crippen molar-refractivity contribution in [3.8, 4) is 6.07 Å². The summed E-state index contributed by atoms with van der Waals surface area (Å²) in [5, 5.41) is 19.1. The monoisotopic (exact) mass is 292 g/mol. The van der Waals surface area contributed by atoms with Crippen molar-refractivity contribution in [1.82, 2.24) is 0 Å². The third kappa shape index (κ3) is 1.84. The van der Waals surface area contributed by atoms with Gasteiger partial charge in [0.05, 0.1) is 5.56 Å². The minimum Gasteiger partial charge on any atom is -0.386 e. The van der Waals surface area contributed by atoms with Crippen molar-refractivity contribution in [2.45, 2.75) is 18.4 Å². The molecule has 0 bridgehead atoms. The van der Waals surface area contributed by atoms with Crippen LogP contribution in [0.2, 0.25) is 0 Å². The molecule has 1 saturated heterocycles. The number of hydrogen-bond acceptors (Lipinski definition) is 3. The molecule has 3 nitrogen and oxygen atoms in total. The van der Waals surface area contributed by atoms with Crippen molar-refractivity contribution in [1.29, 1.82) is 5.26 Å². The van der Waals surface area contributed by atoms with Crippen molar-refractivity contribution in [3.63, 3.8) is 0 Å². The van der Waals surface area contributed by atoms with Gasteiger partial charge in [0.15, 0.2) is 0 Å². The van der Waals surface area contributed by atoms with E-state index in [1.54, 1.807) is 0 Å². The van der Waals surface area contributed by atoms with E-state index in [-0.39, 0.29) is 0 Å². The van der Waals surface area contributed by atoms with Gasteiger partial charge < -0.3 is 10.0 Å². The lowest BCUT2D eigenvalue weighted by atomic mass is 9.88. The fourth-order valence-electron chi connectivity index (χ4n) is 2.47. The lowest BCUT2D eigenvalue weighted by Gasteiger charge is -2.48. The minimum atomic E-state index is -0.458. The zero-order chi connectivity index (χ0) is 12.0. The van der Waals surface area contributed by atoms with Crippen molar-refractivity contribution < 1.29 is 5.11 Å². The van der Waals surface area contributed by atoms with Gasteiger partial charge in [-0.15, -0.1) is 0 Å². The van der Waals surface area contributed by atoms with Gasteiger partial charge in [-0.3, -0.25) is 0 Å². The van der Waals surface area contributed by atoms with Crippen LogP contribution in [-0.2, 0) is 0 Å². The highest BCUT2D eigenvalue weighted by Crippen LogP contribution is 2.45. The van der Waals surface area contributed by atoms with Crippen LogP contribution in [0.15, 0.2) is 22.7 Å². The molecule has 1 aliphatic heterocycles. The first-order valence-electron chi connectivity index (χ1n) is 5.79. The summed E-state index contributed by atoms with van der Waals surface area (Å²) in [4.78, 5) is 2.16. The molecule has 4 heteroatoms. The highest BCUT2D eigenvalue weighted by molar-refractivity contribution is 9.10. The number of rotatable bonds is 2. The van der Waals surface area contributed by atoms with Crippen molar-refractivity contribution in [2.75, 3.05) is 18.0 Å². The molecule has 1 aromatic rings. The van der Waals surface area contributed by atoms with E-state index in [2.05, 4.69) is 26.9 Å². The lowest BCUT2D eigenvalue weighted by Crippen LogP contribution is -2.63. The lowest BCUT2D eigenvalue weighted by molar-refractivity contribution is -0.00930. The third-order valence-electron chi connectivity index (χ3n) is 3.70. The number of hydrogen-bond donors (Lipinski definition) is 1. The molecular weight excluding hydrogens is 280 g/mol. The Morgan fingerprint density at radius 1 is 1.41 bits per heavy atom. The fourth-order valence-corrected chi connectivity index (χ4v) is 2.92. The highest BCUT2D eigenvalue weighted by atomic mass is 79.9. The summed E-state index contributed by atoms with van der Waals surface area (Å²) in [6, 6.07) is 7.83. The third-order valence-corrected chi connectivity index (χ3v) is 4.36. The van der Waals surface area contributed by atoms with Gasteiger partial charge in [-0.05, 0) is 52.9 Å². The second-order valence-corrected chi connectivity index (χ2v) is 5.86. The molecule has 0 spiro atoms. The van der Waals surface area contributed by atoms with Crippen molar-refractivity contribution in [2.24, 2.45) is 5.92 Å². The largest absolute Gasteiger partial charge is 0.386 e. The van der Waals surface area contributed by atoms with Gasteiger partial charge in [-0.2, -0.15) is 5.26 Å². The van der Waals surface area contributed by atoms with E-state index in [0.717, 1.165) is 23.2 Å². The first-order valence-corrected chi connectivity index (χ1v) is 6.59. The minimum absolute atomic E-state index is 0.458. The van der Waals surface area contributed by atoms with Gasteiger partial charge >= 0.3 is 0 Å². The molecule has 1 aromatic carbocycles. The number of nitrogens with zero attached hydrogens (tertiary/aromatic N) is 2. The quantitative estimate of drug-likeness (QED) is 0.910. The average molecular weight is 293 g/mol. The standard InChI is InChI=1S/C13H13BrN2O/c14-12-5-11(4-1-9(12)6-15)16-7-13(17,8-16)10-2-3-10/h1,4-5,10,17H,2-3,7-8H2. The Bertz CT molecular complexity index is 499. The van der Waals surface area contributed by atoms with Crippen LogP contribution in [0.25, 0.3) is 0 Å². The van der Waals surface area contributed by atoms with E-state index in [1.807, 2.05) is 18.2 Å². The molecule has 0 atom stereocenters. The SMILES string of the molecule is N#Cc1ccc(N2CC(O)(C3CC3)C2)cc1Br. The van der Waals surface area contributed by atoms with Gasteiger partial charge in [0.25, 0.3) is 0 Å².